The maximum atomic E-state index is 12.3. The number of carbonyl (C=O) groups is 1. The zero-order chi connectivity index (χ0) is 18.4. The van der Waals surface area contributed by atoms with Gasteiger partial charge in [-0.15, -0.1) is 0 Å². The van der Waals surface area contributed by atoms with Crippen molar-refractivity contribution in [1.29, 1.82) is 0 Å². The summed E-state index contributed by atoms with van der Waals surface area (Å²) in [5.41, 5.74) is 3.89. The Labute approximate surface area is 157 Å². The molecule has 0 heterocycles. The highest BCUT2D eigenvalue weighted by Gasteiger charge is 2.10. The number of hydrogen-bond acceptors (Lipinski definition) is 3. The summed E-state index contributed by atoms with van der Waals surface area (Å²) in [7, 11) is 3.16. The van der Waals surface area contributed by atoms with Crippen LogP contribution >= 0.6 is 15.9 Å². The zero-order valence-electron chi connectivity index (χ0n) is 14.9. The van der Waals surface area contributed by atoms with E-state index in [4.69, 9.17) is 9.47 Å². The van der Waals surface area contributed by atoms with Crippen LogP contribution in [0.25, 0.3) is 6.08 Å². The smallest absolute Gasteiger partial charge is 0.248 e. The highest BCUT2D eigenvalue weighted by Crippen LogP contribution is 2.36. The summed E-state index contributed by atoms with van der Waals surface area (Å²) in [4.78, 5) is 12.3. The molecule has 0 unspecified atom stereocenters. The number of rotatable bonds is 6. The van der Waals surface area contributed by atoms with Gasteiger partial charge in [0, 0.05) is 11.8 Å². The first kappa shape index (κ1) is 19.1. The van der Waals surface area contributed by atoms with E-state index in [1.807, 2.05) is 37.3 Å². The number of methoxy groups -OCH3 is 2. The van der Waals surface area contributed by atoms with Gasteiger partial charge in [-0.05, 0) is 64.2 Å². The standard InChI is InChI=1S/C20H22BrNO3/c1-5-15-8-6-7-13(2)19(15)22-18(23)10-9-14-11-16(21)20(25-4)17(12-14)24-3/h6-12H,5H2,1-4H3,(H,22,23)/b10-9+. The molecule has 0 radical (unpaired) electrons. The molecule has 1 amide bonds. The highest BCUT2D eigenvalue weighted by molar-refractivity contribution is 9.10. The lowest BCUT2D eigenvalue weighted by Gasteiger charge is -2.12. The maximum absolute atomic E-state index is 12.3. The van der Waals surface area contributed by atoms with Gasteiger partial charge in [0.1, 0.15) is 0 Å². The molecule has 0 saturated carbocycles. The Balaban J connectivity index is 2.20. The van der Waals surface area contributed by atoms with Gasteiger partial charge < -0.3 is 14.8 Å². The largest absolute Gasteiger partial charge is 0.493 e. The number of amides is 1. The van der Waals surface area contributed by atoms with Gasteiger partial charge in [0.15, 0.2) is 11.5 Å². The van der Waals surface area contributed by atoms with Crippen LogP contribution in [0.15, 0.2) is 40.9 Å². The molecule has 0 aliphatic heterocycles. The molecule has 0 bridgehead atoms. The molecule has 0 atom stereocenters. The minimum Gasteiger partial charge on any atom is -0.493 e. The van der Waals surface area contributed by atoms with Crippen LogP contribution in [0.2, 0.25) is 0 Å². The van der Waals surface area contributed by atoms with E-state index in [9.17, 15) is 4.79 Å². The number of nitrogens with one attached hydrogen (secondary N) is 1. The predicted octanol–water partition coefficient (Wildman–Crippen LogP) is 4.99. The molecular formula is C20H22BrNO3. The molecule has 2 aromatic rings. The van der Waals surface area contributed by atoms with Crippen molar-refractivity contribution in [2.45, 2.75) is 20.3 Å². The van der Waals surface area contributed by atoms with Crippen LogP contribution in [0.1, 0.15) is 23.6 Å². The summed E-state index contributed by atoms with van der Waals surface area (Å²) in [6.07, 6.45) is 4.12. The number of para-hydroxylation sites is 1. The Morgan fingerprint density at radius 1 is 1.24 bits per heavy atom. The third-order valence-electron chi connectivity index (χ3n) is 3.87. The van der Waals surface area contributed by atoms with Crippen LogP contribution in [0, 0.1) is 6.92 Å². The van der Waals surface area contributed by atoms with Crippen molar-refractivity contribution < 1.29 is 14.3 Å². The molecule has 1 N–H and O–H groups in total. The van der Waals surface area contributed by atoms with Crippen LogP contribution < -0.4 is 14.8 Å². The van der Waals surface area contributed by atoms with Crippen LogP contribution in [-0.4, -0.2) is 20.1 Å². The van der Waals surface area contributed by atoms with Gasteiger partial charge in [-0.25, -0.2) is 0 Å². The van der Waals surface area contributed by atoms with E-state index in [1.165, 1.54) is 6.08 Å². The van der Waals surface area contributed by atoms with Crippen molar-refractivity contribution in [3.05, 3.63) is 57.6 Å². The van der Waals surface area contributed by atoms with Crippen molar-refractivity contribution in [2.24, 2.45) is 0 Å². The molecule has 0 aromatic heterocycles. The van der Waals surface area contributed by atoms with Crippen molar-refractivity contribution in [2.75, 3.05) is 19.5 Å². The third-order valence-corrected chi connectivity index (χ3v) is 4.46. The van der Waals surface area contributed by atoms with Gasteiger partial charge in [-0.3, -0.25) is 4.79 Å². The average Bonchev–Trinajstić information content (AvgIpc) is 2.61. The molecule has 2 aromatic carbocycles. The SMILES string of the molecule is CCc1cccc(C)c1NC(=O)/C=C/c1cc(Br)c(OC)c(OC)c1. The number of aryl methyl sites for hydroxylation is 2. The Morgan fingerprint density at radius 3 is 2.64 bits per heavy atom. The fourth-order valence-electron chi connectivity index (χ4n) is 2.57. The number of halogens is 1. The number of carbonyl (C=O) groups excluding carboxylic acids is 1. The lowest BCUT2D eigenvalue weighted by molar-refractivity contribution is -0.111. The Bertz CT molecular complexity index is 800. The normalized spacial score (nSPS) is 10.8. The first-order chi connectivity index (χ1) is 12.0. The van der Waals surface area contributed by atoms with Gasteiger partial charge in [0.05, 0.1) is 18.7 Å². The van der Waals surface area contributed by atoms with Crippen LogP contribution in [0.3, 0.4) is 0 Å². The first-order valence-electron chi connectivity index (χ1n) is 7.99. The molecule has 2 rings (SSSR count). The summed E-state index contributed by atoms with van der Waals surface area (Å²) in [6, 6.07) is 9.71. The van der Waals surface area contributed by atoms with Crippen molar-refractivity contribution in [1.82, 2.24) is 0 Å². The molecule has 0 aliphatic carbocycles. The Morgan fingerprint density at radius 2 is 2.00 bits per heavy atom. The molecule has 0 fully saturated rings. The van der Waals surface area contributed by atoms with Gasteiger partial charge >= 0.3 is 0 Å². The second-order valence-corrected chi connectivity index (χ2v) is 6.38. The molecule has 5 heteroatoms. The molecule has 0 aliphatic rings. The predicted molar refractivity (Wildman–Crippen MR) is 105 cm³/mol. The Kier molecular flexibility index (Phi) is 6.65. The van der Waals surface area contributed by atoms with E-state index in [2.05, 4.69) is 28.2 Å². The summed E-state index contributed by atoms with van der Waals surface area (Å²) in [6.45, 7) is 4.06. The number of anilines is 1. The second-order valence-electron chi connectivity index (χ2n) is 5.52. The monoisotopic (exact) mass is 403 g/mol. The molecule has 132 valence electrons. The summed E-state index contributed by atoms with van der Waals surface area (Å²) in [5.74, 6) is 1.05. The van der Waals surface area contributed by atoms with Crippen molar-refractivity contribution >= 4 is 33.6 Å². The second kappa shape index (κ2) is 8.72. The van der Waals surface area contributed by atoms with Crippen molar-refractivity contribution in [3.8, 4) is 11.5 Å². The van der Waals surface area contributed by atoms with E-state index in [1.54, 1.807) is 20.3 Å². The molecule has 4 nitrogen and oxygen atoms in total. The van der Waals surface area contributed by atoms with Gasteiger partial charge in [0.25, 0.3) is 0 Å². The summed E-state index contributed by atoms with van der Waals surface area (Å²) in [5, 5.41) is 2.97. The van der Waals surface area contributed by atoms with E-state index < -0.39 is 0 Å². The average molecular weight is 404 g/mol. The molecular weight excluding hydrogens is 382 g/mol. The van der Waals surface area contributed by atoms with E-state index in [0.717, 1.165) is 33.3 Å². The first-order valence-corrected chi connectivity index (χ1v) is 8.78. The van der Waals surface area contributed by atoms with Gasteiger partial charge in [-0.1, -0.05) is 25.1 Å². The lowest BCUT2D eigenvalue weighted by Crippen LogP contribution is -2.11. The molecule has 0 spiro atoms. The number of ether oxygens (including phenoxy) is 2. The van der Waals surface area contributed by atoms with E-state index >= 15 is 0 Å². The molecule has 0 saturated heterocycles. The van der Waals surface area contributed by atoms with E-state index in [-0.39, 0.29) is 5.91 Å². The van der Waals surface area contributed by atoms with Crippen LogP contribution in [0.5, 0.6) is 11.5 Å². The van der Waals surface area contributed by atoms with Crippen LogP contribution in [-0.2, 0) is 11.2 Å². The third kappa shape index (κ3) is 4.63. The highest BCUT2D eigenvalue weighted by atomic mass is 79.9. The summed E-state index contributed by atoms with van der Waals surface area (Å²) < 4.78 is 11.4. The Hall–Kier alpha value is -2.27. The lowest BCUT2D eigenvalue weighted by atomic mass is 10.1. The fraction of sp³-hybridized carbons (Fsp3) is 0.250. The summed E-state index contributed by atoms with van der Waals surface area (Å²) >= 11 is 3.45. The van der Waals surface area contributed by atoms with E-state index in [0.29, 0.717) is 11.5 Å². The maximum Gasteiger partial charge on any atom is 0.248 e. The molecule has 25 heavy (non-hydrogen) atoms. The minimum atomic E-state index is -0.171. The minimum absolute atomic E-state index is 0.171. The quantitative estimate of drug-likeness (QED) is 0.691. The topological polar surface area (TPSA) is 47.6 Å². The fourth-order valence-corrected chi connectivity index (χ4v) is 3.19. The van der Waals surface area contributed by atoms with Crippen LogP contribution in [0.4, 0.5) is 5.69 Å². The van der Waals surface area contributed by atoms with Gasteiger partial charge in [-0.2, -0.15) is 0 Å². The van der Waals surface area contributed by atoms with Gasteiger partial charge in [0.2, 0.25) is 5.91 Å². The zero-order valence-corrected chi connectivity index (χ0v) is 16.4. The number of hydrogen-bond donors (Lipinski definition) is 1. The van der Waals surface area contributed by atoms with Crippen molar-refractivity contribution in [3.63, 3.8) is 0 Å². The number of benzene rings is 2.